The Kier molecular flexibility index (Phi) is 9.58. The lowest BCUT2D eigenvalue weighted by atomic mass is 10.0. The normalized spacial score (nSPS) is 11.8. The highest BCUT2D eigenvalue weighted by atomic mass is 19.2. The molecule has 2 aromatic carbocycles. The number of benzene rings is 2. The van der Waals surface area contributed by atoms with Crippen LogP contribution in [0.25, 0.3) is 11.1 Å². The van der Waals surface area contributed by atoms with E-state index in [-0.39, 0.29) is 35.0 Å². The Balaban J connectivity index is 2.14. The second kappa shape index (κ2) is 12.1. The van der Waals surface area contributed by atoms with Crippen molar-refractivity contribution in [3.63, 3.8) is 0 Å². The van der Waals surface area contributed by atoms with E-state index in [2.05, 4.69) is 6.92 Å². The van der Waals surface area contributed by atoms with Crippen LogP contribution in [0.15, 0.2) is 30.3 Å². The fraction of sp³-hybridized carbons (Fsp3) is 0.440. The van der Waals surface area contributed by atoms with Gasteiger partial charge in [-0.15, -0.1) is 0 Å². The Morgan fingerprint density at radius 2 is 1.69 bits per heavy atom. The number of ether oxygens (including phenoxy) is 2. The second-order valence-corrected chi connectivity index (χ2v) is 7.90. The molecule has 2 aromatic rings. The number of carbonyl (C=O) groups is 1. The zero-order valence-electron chi connectivity index (χ0n) is 18.6. The molecule has 0 bridgehead atoms. The van der Waals surface area contributed by atoms with Gasteiger partial charge in [-0.2, -0.15) is 9.65 Å². The lowest BCUT2D eigenvalue weighted by molar-refractivity contribution is 0.0324. The van der Waals surface area contributed by atoms with Crippen LogP contribution < -0.4 is 4.74 Å². The molecule has 7 heteroatoms. The van der Waals surface area contributed by atoms with Gasteiger partial charge in [0.2, 0.25) is 5.82 Å². The van der Waals surface area contributed by atoms with E-state index in [1.54, 1.807) is 13.8 Å². The van der Waals surface area contributed by atoms with Gasteiger partial charge in [-0.3, -0.25) is 0 Å². The van der Waals surface area contributed by atoms with Crippen LogP contribution in [0.1, 0.15) is 63.2 Å². The molecule has 0 saturated heterocycles. The van der Waals surface area contributed by atoms with E-state index in [1.165, 1.54) is 24.3 Å². The molecule has 0 amide bonds. The fourth-order valence-electron chi connectivity index (χ4n) is 3.09. The van der Waals surface area contributed by atoms with E-state index in [0.29, 0.717) is 0 Å². The Morgan fingerprint density at radius 1 is 1.00 bits per heavy atom. The average Bonchev–Trinajstić information content (AvgIpc) is 2.77. The summed E-state index contributed by atoms with van der Waals surface area (Å²) >= 11 is 0. The Labute approximate surface area is 187 Å². The van der Waals surface area contributed by atoms with Gasteiger partial charge in [0.25, 0.3) is 0 Å². The number of carbonyl (C=O) groups excluding carboxylic acids is 1. The molecule has 0 aromatic heterocycles. The molecule has 0 radical (unpaired) electrons. The molecule has 172 valence electrons. The van der Waals surface area contributed by atoms with Crippen molar-refractivity contribution in [2.75, 3.05) is 6.61 Å². The maximum absolute atomic E-state index is 14.6. The number of hydrogen-bond donors (Lipinski definition) is 0. The Bertz CT molecular complexity index is 970. The van der Waals surface area contributed by atoms with Gasteiger partial charge in [-0.25, -0.2) is 13.6 Å². The number of rotatable bonds is 11. The van der Waals surface area contributed by atoms with Crippen LogP contribution in [0, 0.1) is 34.7 Å². The molecule has 4 nitrogen and oxygen atoms in total. The summed E-state index contributed by atoms with van der Waals surface area (Å²) < 4.78 is 54.1. The van der Waals surface area contributed by atoms with E-state index in [1.807, 2.05) is 6.07 Å². The molecule has 0 N–H and O–H groups in total. The van der Waals surface area contributed by atoms with Crippen LogP contribution in [-0.4, -0.2) is 18.7 Å². The summed E-state index contributed by atoms with van der Waals surface area (Å²) in [6, 6.07) is 7.67. The van der Waals surface area contributed by atoms with Gasteiger partial charge in [0, 0.05) is 17.0 Å². The maximum atomic E-state index is 14.6. The van der Waals surface area contributed by atoms with Crippen molar-refractivity contribution < 1.29 is 27.4 Å². The monoisotopic (exact) mass is 447 g/mol. The summed E-state index contributed by atoms with van der Waals surface area (Å²) in [4.78, 5) is 12.2. The number of unbranched alkanes of at least 4 members (excludes halogenated alkanes) is 4. The number of esters is 1. The van der Waals surface area contributed by atoms with Crippen molar-refractivity contribution in [1.29, 1.82) is 5.26 Å². The third-order valence-corrected chi connectivity index (χ3v) is 5.01. The first-order valence-electron chi connectivity index (χ1n) is 10.8. The molecule has 0 aliphatic rings. The summed E-state index contributed by atoms with van der Waals surface area (Å²) in [6.45, 7) is 5.80. The van der Waals surface area contributed by atoms with E-state index in [4.69, 9.17) is 14.7 Å². The Morgan fingerprint density at radius 3 is 2.31 bits per heavy atom. The van der Waals surface area contributed by atoms with Gasteiger partial charge < -0.3 is 9.47 Å². The minimum Gasteiger partial charge on any atom is -0.490 e. The topological polar surface area (TPSA) is 59.3 Å². The molecule has 0 fully saturated rings. The molecule has 0 aliphatic heterocycles. The first kappa shape index (κ1) is 25.3. The van der Waals surface area contributed by atoms with Crippen molar-refractivity contribution in [2.45, 2.75) is 59.0 Å². The largest absolute Gasteiger partial charge is 0.490 e. The molecule has 1 unspecified atom stereocenters. The molecule has 1 atom stereocenters. The third kappa shape index (κ3) is 6.49. The predicted molar refractivity (Wildman–Crippen MR) is 116 cm³/mol. The van der Waals surface area contributed by atoms with Crippen molar-refractivity contribution >= 4 is 5.97 Å². The van der Waals surface area contributed by atoms with E-state index in [0.717, 1.165) is 38.2 Å². The first-order chi connectivity index (χ1) is 15.3. The molecule has 2 rings (SSSR count). The summed E-state index contributed by atoms with van der Waals surface area (Å²) in [5, 5.41) is 9.03. The summed E-state index contributed by atoms with van der Waals surface area (Å²) in [6.07, 6.45) is 4.00. The van der Waals surface area contributed by atoms with Gasteiger partial charge in [-0.1, -0.05) is 52.5 Å². The van der Waals surface area contributed by atoms with Gasteiger partial charge in [0.15, 0.2) is 17.7 Å². The van der Waals surface area contributed by atoms with Gasteiger partial charge in [0.05, 0.1) is 12.2 Å². The zero-order valence-corrected chi connectivity index (χ0v) is 18.6. The van der Waals surface area contributed by atoms with E-state index in [9.17, 15) is 18.0 Å². The predicted octanol–water partition coefficient (Wildman–Crippen LogP) is 6.83. The number of nitrogens with zero attached hydrogens (tertiary/aromatic N) is 1. The second-order valence-electron chi connectivity index (χ2n) is 7.90. The van der Waals surface area contributed by atoms with Crippen LogP contribution in [0.3, 0.4) is 0 Å². The molecular formula is C25H28F3NO3. The molecule has 0 aliphatic carbocycles. The quantitative estimate of drug-likeness (QED) is 0.280. The number of nitriles is 1. The highest BCUT2D eigenvalue weighted by Crippen LogP contribution is 2.32. The van der Waals surface area contributed by atoms with E-state index >= 15 is 0 Å². The summed E-state index contributed by atoms with van der Waals surface area (Å²) in [7, 11) is 0. The van der Waals surface area contributed by atoms with Crippen molar-refractivity contribution in [3.05, 3.63) is 53.3 Å². The smallest absolute Gasteiger partial charge is 0.339 e. The van der Waals surface area contributed by atoms with Crippen LogP contribution >= 0.6 is 0 Å². The molecule has 0 spiro atoms. The molecule has 0 saturated carbocycles. The van der Waals surface area contributed by atoms with E-state index < -0.39 is 29.5 Å². The van der Waals surface area contributed by atoms with Crippen LogP contribution in [0.5, 0.6) is 5.75 Å². The lowest BCUT2D eigenvalue weighted by Gasteiger charge is -2.14. The highest BCUT2D eigenvalue weighted by Gasteiger charge is 2.22. The molecular weight excluding hydrogens is 419 g/mol. The first-order valence-corrected chi connectivity index (χ1v) is 10.8. The van der Waals surface area contributed by atoms with Gasteiger partial charge in [-0.05, 0) is 30.7 Å². The van der Waals surface area contributed by atoms with Crippen molar-refractivity contribution in [2.24, 2.45) is 5.92 Å². The fourth-order valence-corrected chi connectivity index (χ4v) is 3.09. The highest BCUT2D eigenvalue weighted by molar-refractivity contribution is 5.90. The molecule has 32 heavy (non-hydrogen) atoms. The zero-order chi connectivity index (χ0) is 23.7. The van der Waals surface area contributed by atoms with Crippen molar-refractivity contribution in [3.8, 4) is 22.9 Å². The summed E-state index contributed by atoms with van der Waals surface area (Å²) in [5.41, 5.74) is -0.617. The van der Waals surface area contributed by atoms with Crippen LogP contribution in [-0.2, 0) is 4.74 Å². The Hall–Kier alpha value is -3.01. The number of hydrogen-bond acceptors (Lipinski definition) is 4. The standard InChI is InChI=1S/C25H28F3NO3/c1-4-5-6-7-8-13-31-21-12-11-19(23(27)24(21)28)18-10-9-17(14-20(18)26)25(30)32-22(15-29)16(2)3/h9-12,14,16,22H,4-8,13H2,1-3H3. The minimum absolute atomic E-state index is 0.129. The van der Waals surface area contributed by atoms with Crippen molar-refractivity contribution in [1.82, 2.24) is 0 Å². The lowest BCUT2D eigenvalue weighted by Crippen LogP contribution is -2.22. The SMILES string of the molecule is CCCCCCCOc1ccc(-c2ccc(C(=O)OC(C#N)C(C)C)cc2F)c(F)c1F. The van der Waals surface area contributed by atoms with Crippen LogP contribution in [0.4, 0.5) is 13.2 Å². The minimum atomic E-state index is -1.23. The van der Waals surface area contributed by atoms with Crippen LogP contribution in [0.2, 0.25) is 0 Å². The van der Waals surface area contributed by atoms with Gasteiger partial charge >= 0.3 is 5.97 Å². The van der Waals surface area contributed by atoms with Gasteiger partial charge in [0.1, 0.15) is 11.9 Å². The number of halogens is 3. The third-order valence-electron chi connectivity index (χ3n) is 5.01. The average molecular weight is 447 g/mol. The maximum Gasteiger partial charge on any atom is 0.339 e. The summed E-state index contributed by atoms with van der Waals surface area (Å²) in [5.74, 6) is -4.66. The molecule has 0 heterocycles.